The molecule has 0 aliphatic rings. The Morgan fingerprint density at radius 2 is 1.69 bits per heavy atom. The number of hydrogen-bond donors (Lipinski definition) is 2. The Labute approximate surface area is 211 Å². The van der Waals surface area contributed by atoms with E-state index in [-0.39, 0.29) is 12.4 Å². The van der Waals surface area contributed by atoms with E-state index in [2.05, 4.69) is 31.8 Å². The van der Waals surface area contributed by atoms with Gasteiger partial charge in [0, 0.05) is 5.69 Å². The quantitative estimate of drug-likeness (QED) is 0.231. The summed E-state index contributed by atoms with van der Waals surface area (Å²) in [6, 6.07) is 15.0. The van der Waals surface area contributed by atoms with Gasteiger partial charge in [-0.15, -0.1) is 0 Å². The summed E-state index contributed by atoms with van der Waals surface area (Å²) >= 11 is 3.47. The van der Waals surface area contributed by atoms with Crippen LogP contribution < -0.4 is 20.2 Å². The van der Waals surface area contributed by atoms with Gasteiger partial charge >= 0.3 is 11.8 Å². The molecule has 0 heterocycles. The SMILES string of the molecule is CCOc1cc(C=NNC(=O)C(=O)Nc2cc(C)cc(C)c2)cc(Br)c1OCc1ccc(F)cc1. The summed E-state index contributed by atoms with van der Waals surface area (Å²) in [7, 11) is 0. The number of carbonyl (C=O) groups is 2. The molecule has 0 unspecified atom stereocenters. The predicted octanol–water partition coefficient (Wildman–Crippen LogP) is 5.27. The van der Waals surface area contributed by atoms with E-state index in [0.29, 0.717) is 33.8 Å². The van der Waals surface area contributed by atoms with Crippen molar-refractivity contribution in [3.05, 3.63) is 87.1 Å². The second-order valence-electron chi connectivity index (χ2n) is 7.71. The van der Waals surface area contributed by atoms with Crippen LogP contribution in [0.25, 0.3) is 0 Å². The molecular formula is C26H25BrFN3O4. The maximum Gasteiger partial charge on any atom is 0.329 e. The van der Waals surface area contributed by atoms with Gasteiger partial charge in [-0.3, -0.25) is 9.59 Å². The van der Waals surface area contributed by atoms with Gasteiger partial charge in [-0.25, -0.2) is 9.82 Å². The lowest BCUT2D eigenvalue weighted by Gasteiger charge is -2.14. The Balaban J connectivity index is 1.65. The number of rotatable bonds is 8. The first-order valence-corrected chi connectivity index (χ1v) is 11.6. The summed E-state index contributed by atoms with van der Waals surface area (Å²) in [5, 5.41) is 6.43. The number of hydrogen-bond acceptors (Lipinski definition) is 5. The van der Waals surface area contributed by atoms with Crippen molar-refractivity contribution in [3.63, 3.8) is 0 Å². The summed E-state index contributed by atoms with van der Waals surface area (Å²) < 4.78 is 25.3. The highest BCUT2D eigenvalue weighted by molar-refractivity contribution is 9.10. The topological polar surface area (TPSA) is 89.0 Å². The predicted molar refractivity (Wildman–Crippen MR) is 136 cm³/mol. The Morgan fingerprint density at radius 1 is 1.00 bits per heavy atom. The van der Waals surface area contributed by atoms with Crippen LogP contribution in [0.5, 0.6) is 11.5 Å². The highest BCUT2D eigenvalue weighted by Crippen LogP contribution is 2.37. The minimum atomic E-state index is -0.899. The van der Waals surface area contributed by atoms with Gasteiger partial charge in [0.1, 0.15) is 12.4 Å². The summed E-state index contributed by atoms with van der Waals surface area (Å²) in [5.41, 5.74) is 6.10. The fourth-order valence-electron chi connectivity index (χ4n) is 3.25. The van der Waals surface area contributed by atoms with E-state index < -0.39 is 11.8 Å². The third kappa shape index (κ3) is 7.65. The van der Waals surface area contributed by atoms with Crippen molar-refractivity contribution in [2.75, 3.05) is 11.9 Å². The molecule has 9 heteroatoms. The van der Waals surface area contributed by atoms with Crippen LogP contribution in [-0.4, -0.2) is 24.6 Å². The molecule has 0 fully saturated rings. The van der Waals surface area contributed by atoms with Gasteiger partial charge in [-0.2, -0.15) is 5.10 Å². The van der Waals surface area contributed by atoms with E-state index in [9.17, 15) is 14.0 Å². The number of halogens is 2. The molecular weight excluding hydrogens is 517 g/mol. The zero-order valence-corrected chi connectivity index (χ0v) is 21.1. The highest BCUT2D eigenvalue weighted by Gasteiger charge is 2.14. The number of carbonyl (C=O) groups excluding carboxylic acids is 2. The normalized spacial score (nSPS) is 10.8. The number of anilines is 1. The number of hydrazone groups is 1. The molecule has 3 aromatic rings. The van der Waals surface area contributed by atoms with Crippen LogP contribution >= 0.6 is 15.9 Å². The smallest absolute Gasteiger partial charge is 0.329 e. The number of amides is 2. The average molecular weight is 542 g/mol. The van der Waals surface area contributed by atoms with Crippen molar-refractivity contribution in [3.8, 4) is 11.5 Å². The number of ether oxygens (including phenoxy) is 2. The molecule has 0 radical (unpaired) electrons. The van der Waals surface area contributed by atoms with Gasteiger partial charge in [0.2, 0.25) is 0 Å². The molecule has 7 nitrogen and oxygen atoms in total. The number of benzene rings is 3. The van der Waals surface area contributed by atoms with Crippen LogP contribution in [0, 0.1) is 19.7 Å². The summed E-state index contributed by atoms with van der Waals surface area (Å²) in [4.78, 5) is 24.3. The molecule has 0 saturated heterocycles. The maximum absolute atomic E-state index is 13.1. The van der Waals surface area contributed by atoms with Gasteiger partial charge in [-0.05, 0) is 95.4 Å². The molecule has 35 heavy (non-hydrogen) atoms. The molecule has 3 rings (SSSR count). The molecule has 0 saturated carbocycles. The Hall–Kier alpha value is -3.72. The minimum Gasteiger partial charge on any atom is -0.490 e. The molecule has 182 valence electrons. The van der Waals surface area contributed by atoms with Crippen LogP contribution in [0.4, 0.5) is 10.1 Å². The van der Waals surface area contributed by atoms with Crippen LogP contribution in [0.1, 0.15) is 29.2 Å². The van der Waals surface area contributed by atoms with Crippen molar-refractivity contribution in [1.29, 1.82) is 0 Å². The van der Waals surface area contributed by atoms with Crippen LogP contribution in [-0.2, 0) is 16.2 Å². The highest BCUT2D eigenvalue weighted by atomic mass is 79.9. The number of nitrogens with zero attached hydrogens (tertiary/aromatic N) is 1. The first-order valence-electron chi connectivity index (χ1n) is 10.8. The molecule has 0 spiro atoms. The van der Waals surface area contributed by atoms with E-state index >= 15 is 0 Å². The van der Waals surface area contributed by atoms with Gasteiger partial charge in [0.05, 0.1) is 17.3 Å². The van der Waals surface area contributed by atoms with E-state index in [4.69, 9.17) is 9.47 Å². The summed E-state index contributed by atoms with van der Waals surface area (Å²) in [6.07, 6.45) is 1.39. The van der Waals surface area contributed by atoms with Crippen molar-refractivity contribution < 1.29 is 23.5 Å². The largest absolute Gasteiger partial charge is 0.490 e. The summed E-state index contributed by atoms with van der Waals surface area (Å²) in [6.45, 7) is 6.27. The van der Waals surface area contributed by atoms with Gasteiger partial charge < -0.3 is 14.8 Å². The number of nitrogens with one attached hydrogen (secondary N) is 2. The zero-order valence-electron chi connectivity index (χ0n) is 19.5. The Morgan fingerprint density at radius 3 is 2.34 bits per heavy atom. The lowest BCUT2D eigenvalue weighted by atomic mass is 10.1. The van der Waals surface area contributed by atoms with Crippen molar-refractivity contribution in [2.24, 2.45) is 5.10 Å². The fourth-order valence-corrected chi connectivity index (χ4v) is 3.83. The van der Waals surface area contributed by atoms with Gasteiger partial charge in [-0.1, -0.05) is 18.2 Å². The Bertz CT molecular complexity index is 1230. The summed E-state index contributed by atoms with van der Waals surface area (Å²) in [5.74, 6) is -1.10. The first kappa shape index (κ1) is 25.9. The second kappa shape index (κ2) is 12.1. The number of aryl methyl sites for hydroxylation is 2. The second-order valence-corrected chi connectivity index (χ2v) is 8.56. The van der Waals surface area contributed by atoms with E-state index in [1.807, 2.05) is 26.8 Å². The van der Waals surface area contributed by atoms with Gasteiger partial charge in [0.25, 0.3) is 0 Å². The van der Waals surface area contributed by atoms with E-state index in [1.165, 1.54) is 18.3 Å². The third-order valence-corrected chi connectivity index (χ3v) is 5.28. The van der Waals surface area contributed by atoms with Crippen LogP contribution in [0.3, 0.4) is 0 Å². The van der Waals surface area contributed by atoms with Crippen LogP contribution in [0.2, 0.25) is 0 Å². The molecule has 0 aromatic heterocycles. The average Bonchev–Trinajstić information content (AvgIpc) is 2.79. The van der Waals surface area contributed by atoms with E-state index in [1.54, 1.807) is 36.4 Å². The lowest BCUT2D eigenvalue weighted by Crippen LogP contribution is -2.32. The standard InChI is InChI=1S/C26H25BrFN3O4/c1-4-34-23-13-19(12-22(27)24(23)35-15-18-5-7-20(28)8-6-18)14-29-31-26(33)25(32)30-21-10-16(2)9-17(3)11-21/h5-14H,4,15H2,1-3H3,(H,30,32)(H,31,33). The molecule has 0 aliphatic carbocycles. The minimum absolute atomic E-state index is 0.220. The molecule has 2 amide bonds. The third-order valence-electron chi connectivity index (χ3n) is 4.69. The van der Waals surface area contributed by atoms with Crippen LogP contribution in [0.15, 0.2) is 64.2 Å². The van der Waals surface area contributed by atoms with Crippen molar-refractivity contribution >= 4 is 39.6 Å². The molecule has 3 aromatic carbocycles. The zero-order chi connectivity index (χ0) is 25.4. The van der Waals surface area contributed by atoms with Crippen molar-refractivity contribution in [2.45, 2.75) is 27.4 Å². The Kier molecular flexibility index (Phi) is 8.97. The molecule has 0 atom stereocenters. The lowest BCUT2D eigenvalue weighted by molar-refractivity contribution is -0.136. The monoisotopic (exact) mass is 541 g/mol. The van der Waals surface area contributed by atoms with E-state index in [0.717, 1.165) is 16.7 Å². The molecule has 0 aliphatic heterocycles. The fraction of sp³-hybridized carbons (Fsp3) is 0.192. The molecule has 2 N–H and O–H groups in total. The van der Waals surface area contributed by atoms with Gasteiger partial charge in [0.15, 0.2) is 11.5 Å². The van der Waals surface area contributed by atoms with Crippen molar-refractivity contribution in [1.82, 2.24) is 5.43 Å². The first-order chi connectivity index (χ1) is 16.7. The maximum atomic E-state index is 13.1. The molecule has 0 bridgehead atoms.